The molecule has 3 nitrogen and oxygen atoms in total. The lowest BCUT2D eigenvalue weighted by Gasteiger charge is -2.35. The van der Waals surface area contributed by atoms with Crippen molar-refractivity contribution < 1.29 is 4.74 Å². The van der Waals surface area contributed by atoms with Crippen LogP contribution in [0, 0.1) is 22.7 Å². The van der Waals surface area contributed by atoms with Gasteiger partial charge in [-0.05, 0) is 18.9 Å². The molecule has 2 rings (SSSR count). The molecule has 0 aromatic rings. The summed E-state index contributed by atoms with van der Waals surface area (Å²) in [6.07, 6.45) is 5.52. The van der Waals surface area contributed by atoms with Crippen molar-refractivity contribution >= 4 is 0 Å². The van der Waals surface area contributed by atoms with Gasteiger partial charge in [0.05, 0.1) is 19.3 Å². The molecule has 2 aliphatic rings. The molecule has 0 amide bonds. The van der Waals surface area contributed by atoms with Gasteiger partial charge in [-0.15, -0.1) is 0 Å². The van der Waals surface area contributed by atoms with Gasteiger partial charge in [-0.25, -0.2) is 0 Å². The number of rotatable bonds is 5. The van der Waals surface area contributed by atoms with Crippen LogP contribution >= 0.6 is 0 Å². The van der Waals surface area contributed by atoms with Gasteiger partial charge in [-0.2, -0.15) is 5.26 Å². The van der Waals surface area contributed by atoms with E-state index in [1.165, 1.54) is 25.7 Å². The van der Waals surface area contributed by atoms with E-state index >= 15 is 0 Å². The normalized spacial score (nSPS) is 24.8. The van der Waals surface area contributed by atoms with Gasteiger partial charge in [0.1, 0.15) is 5.41 Å². The molecule has 1 aliphatic carbocycles. The summed E-state index contributed by atoms with van der Waals surface area (Å²) in [5.41, 5.74) is -0.209. The van der Waals surface area contributed by atoms with Crippen LogP contribution in [0.3, 0.4) is 0 Å². The highest BCUT2D eigenvalue weighted by atomic mass is 16.5. The maximum absolute atomic E-state index is 8.93. The molecule has 1 saturated heterocycles. The van der Waals surface area contributed by atoms with Gasteiger partial charge in [0.15, 0.2) is 0 Å². The van der Waals surface area contributed by atoms with Crippen molar-refractivity contribution in [3.63, 3.8) is 0 Å². The molecular formula is C11H18N2O. The Morgan fingerprint density at radius 1 is 1.43 bits per heavy atom. The number of ether oxygens (including phenoxy) is 1. The monoisotopic (exact) mass is 194 g/mol. The van der Waals surface area contributed by atoms with Crippen molar-refractivity contribution in [1.29, 1.82) is 5.26 Å². The van der Waals surface area contributed by atoms with E-state index in [-0.39, 0.29) is 5.41 Å². The fourth-order valence-electron chi connectivity index (χ4n) is 1.97. The van der Waals surface area contributed by atoms with Gasteiger partial charge in [-0.1, -0.05) is 19.3 Å². The minimum Gasteiger partial charge on any atom is -0.378 e. The molecule has 0 radical (unpaired) electrons. The summed E-state index contributed by atoms with van der Waals surface area (Å²) in [4.78, 5) is 0. The maximum atomic E-state index is 8.93. The Hall–Kier alpha value is -0.590. The van der Waals surface area contributed by atoms with Crippen LogP contribution in [-0.4, -0.2) is 26.3 Å². The summed E-state index contributed by atoms with van der Waals surface area (Å²) in [5, 5.41) is 12.3. The van der Waals surface area contributed by atoms with Gasteiger partial charge >= 0.3 is 0 Å². The SMILES string of the molecule is N#CC1(CNCCC2CCC2)COC1. The van der Waals surface area contributed by atoms with Gasteiger partial charge in [0, 0.05) is 6.54 Å². The Morgan fingerprint density at radius 2 is 2.21 bits per heavy atom. The van der Waals surface area contributed by atoms with E-state index in [9.17, 15) is 0 Å². The van der Waals surface area contributed by atoms with E-state index in [4.69, 9.17) is 10.00 Å². The summed E-state index contributed by atoms with van der Waals surface area (Å²) in [7, 11) is 0. The predicted octanol–water partition coefficient (Wildman–Crippen LogP) is 1.31. The fraction of sp³-hybridized carbons (Fsp3) is 0.909. The van der Waals surface area contributed by atoms with E-state index < -0.39 is 0 Å². The molecule has 1 aliphatic heterocycles. The fourth-order valence-corrected chi connectivity index (χ4v) is 1.97. The van der Waals surface area contributed by atoms with Crippen LogP contribution in [-0.2, 0) is 4.74 Å². The number of nitrogens with zero attached hydrogens (tertiary/aromatic N) is 1. The highest BCUT2D eigenvalue weighted by Crippen LogP contribution is 2.29. The molecule has 78 valence electrons. The van der Waals surface area contributed by atoms with Crippen LogP contribution in [0.1, 0.15) is 25.7 Å². The second kappa shape index (κ2) is 4.29. The second-order valence-electron chi connectivity index (χ2n) is 4.65. The smallest absolute Gasteiger partial charge is 0.116 e. The van der Waals surface area contributed by atoms with Crippen molar-refractivity contribution in [3.8, 4) is 6.07 Å². The maximum Gasteiger partial charge on any atom is 0.116 e. The zero-order valence-corrected chi connectivity index (χ0v) is 8.59. The summed E-state index contributed by atoms with van der Waals surface area (Å²) in [5.74, 6) is 0.957. The lowest BCUT2D eigenvalue weighted by atomic mass is 9.83. The summed E-state index contributed by atoms with van der Waals surface area (Å²) in [6, 6.07) is 2.34. The second-order valence-corrected chi connectivity index (χ2v) is 4.65. The van der Waals surface area contributed by atoms with Crippen LogP contribution in [0.5, 0.6) is 0 Å². The Morgan fingerprint density at radius 3 is 2.64 bits per heavy atom. The van der Waals surface area contributed by atoms with Crippen molar-refractivity contribution in [3.05, 3.63) is 0 Å². The first-order valence-electron chi connectivity index (χ1n) is 5.54. The predicted molar refractivity (Wildman–Crippen MR) is 53.7 cm³/mol. The third-order valence-electron chi connectivity index (χ3n) is 3.41. The Kier molecular flexibility index (Phi) is 3.05. The van der Waals surface area contributed by atoms with Crippen LogP contribution in [0.15, 0.2) is 0 Å². The minimum absolute atomic E-state index is 0.209. The van der Waals surface area contributed by atoms with E-state index in [0.29, 0.717) is 13.2 Å². The van der Waals surface area contributed by atoms with E-state index in [1.807, 2.05) is 0 Å². The molecule has 0 bridgehead atoms. The van der Waals surface area contributed by atoms with Crippen LogP contribution in [0.25, 0.3) is 0 Å². The summed E-state index contributed by atoms with van der Waals surface area (Å²) < 4.78 is 5.08. The lowest BCUT2D eigenvalue weighted by Crippen LogP contribution is -2.48. The molecule has 1 saturated carbocycles. The standard InChI is InChI=1S/C11H18N2O/c12-6-11(8-14-9-11)7-13-5-4-10-2-1-3-10/h10,13H,1-5,7-9H2. The number of hydrogen-bond donors (Lipinski definition) is 1. The lowest BCUT2D eigenvalue weighted by molar-refractivity contribution is -0.0754. The molecule has 1 N–H and O–H groups in total. The van der Waals surface area contributed by atoms with Gasteiger partial charge < -0.3 is 10.1 Å². The van der Waals surface area contributed by atoms with Gasteiger partial charge in [0.25, 0.3) is 0 Å². The average Bonchev–Trinajstić information content (AvgIpc) is 2.05. The van der Waals surface area contributed by atoms with Crippen molar-refractivity contribution in [1.82, 2.24) is 5.32 Å². The summed E-state index contributed by atoms with van der Waals surface area (Å²) in [6.45, 7) is 3.09. The van der Waals surface area contributed by atoms with E-state index in [0.717, 1.165) is 19.0 Å². The van der Waals surface area contributed by atoms with Crippen LogP contribution in [0.2, 0.25) is 0 Å². The molecule has 0 unspecified atom stereocenters. The molecule has 2 fully saturated rings. The molecule has 14 heavy (non-hydrogen) atoms. The van der Waals surface area contributed by atoms with Crippen molar-refractivity contribution in [2.45, 2.75) is 25.7 Å². The van der Waals surface area contributed by atoms with Gasteiger partial charge in [-0.3, -0.25) is 0 Å². The zero-order chi connectivity index (χ0) is 9.86. The number of nitrogens with one attached hydrogen (secondary N) is 1. The van der Waals surface area contributed by atoms with Crippen molar-refractivity contribution in [2.24, 2.45) is 11.3 Å². The van der Waals surface area contributed by atoms with Crippen LogP contribution in [0.4, 0.5) is 0 Å². The third-order valence-corrected chi connectivity index (χ3v) is 3.41. The first-order valence-corrected chi connectivity index (χ1v) is 5.54. The Balaban J connectivity index is 1.55. The third kappa shape index (κ3) is 2.08. The first kappa shape index (κ1) is 9.95. The summed E-state index contributed by atoms with van der Waals surface area (Å²) >= 11 is 0. The highest BCUT2D eigenvalue weighted by Gasteiger charge is 2.38. The van der Waals surface area contributed by atoms with E-state index in [1.54, 1.807) is 0 Å². The molecule has 0 aromatic heterocycles. The average molecular weight is 194 g/mol. The molecule has 1 heterocycles. The molecule has 0 aromatic carbocycles. The molecule has 3 heteroatoms. The molecule has 0 atom stereocenters. The zero-order valence-electron chi connectivity index (χ0n) is 8.59. The first-order chi connectivity index (χ1) is 6.85. The Labute approximate surface area is 85.4 Å². The number of nitriles is 1. The van der Waals surface area contributed by atoms with Crippen LogP contribution < -0.4 is 5.32 Å². The minimum atomic E-state index is -0.209. The van der Waals surface area contributed by atoms with E-state index in [2.05, 4.69) is 11.4 Å². The van der Waals surface area contributed by atoms with Gasteiger partial charge in [0.2, 0.25) is 0 Å². The number of hydrogen-bond acceptors (Lipinski definition) is 3. The highest BCUT2D eigenvalue weighted by molar-refractivity contribution is 5.05. The largest absolute Gasteiger partial charge is 0.378 e. The van der Waals surface area contributed by atoms with Crippen molar-refractivity contribution in [2.75, 3.05) is 26.3 Å². The molecule has 0 spiro atoms. The topological polar surface area (TPSA) is 45.0 Å². The quantitative estimate of drug-likeness (QED) is 0.671. The molecular weight excluding hydrogens is 176 g/mol. The Bertz CT molecular complexity index is 226.